The van der Waals surface area contributed by atoms with Crippen LogP contribution in [0.5, 0.6) is 5.75 Å². The number of ether oxygens (including phenoxy) is 1. The summed E-state index contributed by atoms with van der Waals surface area (Å²) in [5.41, 5.74) is 1.34. The Balaban J connectivity index is 1.76. The molecule has 2 heterocycles. The van der Waals surface area contributed by atoms with Crippen LogP contribution in [-0.4, -0.2) is 21.5 Å². The van der Waals surface area contributed by atoms with Gasteiger partial charge in [-0.2, -0.15) is 8.78 Å². The molecule has 1 aromatic carbocycles. The highest BCUT2D eigenvalue weighted by molar-refractivity contribution is 5.71. The molecule has 3 aromatic rings. The lowest BCUT2D eigenvalue weighted by atomic mass is 10.1. The van der Waals surface area contributed by atoms with Crippen LogP contribution < -0.4 is 10.1 Å². The Labute approximate surface area is 152 Å². The monoisotopic (exact) mass is 372 g/mol. The van der Waals surface area contributed by atoms with E-state index in [1.807, 2.05) is 6.07 Å². The third-order valence-corrected chi connectivity index (χ3v) is 3.59. The molecule has 0 aliphatic rings. The number of halogens is 2. The van der Waals surface area contributed by atoms with Crippen molar-refractivity contribution >= 4 is 11.5 Å². The van der Waals surface area contributed by atoms with E-state index in [4.69, 9.17) is 0 Å². The van der Waals surface area contributed by atoms with Crippen molar-refractivity contribution in [3.63, 3.8) is 0 Å². The van der Waals surface area contributed by atoms with Gasteiger partial charge in [0.25, 0.3) is 5.69 Å². The second-order valence-corrected chi connectivity index (χ2v) is 5.40. The first-order chi connectivity index (χ1) is 13.0. The van der Waals surface area contributed by atoms with E-state index in [1.165, 1.54) is 30.5 Å². The van der Waals surface area contributed by atoms with Crippen LogP contribution in [0.3, 0.4) is 0 Å². The van der Waals surface area contributed by atoms with E-state index in [-0.39, 0.29) is 23.7 Å². The molecule has 0 unspecified atom stereocenters. The first-order valence-electron chi connectivity index (χ1n) is 7.87. The molecule has 7 nitrogen and oxygen atoms in total. The summed E-state index contributed by atoms with van der Waals surface area (Å²) in [6, 6.07) is 14.6. The second-order valence-electron chi connectivity index (χ2n) is 5.40. The van der Waals surface area contributed by atoms with Crippen LogP contribution in [0.15, 0.2) is 60.8 Å². The fourth-order valence-electron chi connectivity index (χ4n) is 2.38. The molecule has 2 aromatic heterocycles. The minimum absolute atomic E-state index is 0.0337. The predicted molar refractivity (Wildman–Crippen MR) is 94.5 cm³/mol. The summed E-state index contributed by atoms with van der Waals surface area (Å²) < 4.78 is 28.5. The van der Waals surface area contributed by atoms with E-state index in [1.54, 1.807) is 24.3 Å². The first kappa shape index (κ1) is 18.2. The minimum atomic E-state index is -2.91. The van der Waals surface area contributed by atoms with Crippen molar-refractivity contribution < 1.29 is 18.4 Å². The number of nitro groups is 1. The van der Waals surface area contributed by atoms with Crippen molar-refractivity contribution in [2.75, 3.05) is 5.32 Å². The van der Waals surface area contributed by atoms with Gasteiger partial charge in [0, 0.05) is 11.6 Å². The van der Waals surface area contributed by atoms with Crippen molar-refractivity contribution in [1.82, 2.24) is 9.97 Å². The normalized spacial score (nSPS) is 10.6. The zero-order chi connectivity index (χ0) is 19.2. The summed E-state index contributed by atoms with van der Waals surface area (Å²) in [5.74, 6) is 0.391. The molecule has 3 rings (SSSR count). The molecule has 9 heteroatoms. The number of aromatic nitrogens is 2. The summed E-state index contributed by atoms with van der Waals surface area (Å²) in [6.45, 7) is -2.65. The lowest BCUT2D eigenvalue weighted by Crippen LogP contribution is -2.06. The molecule has 0 radical (unpaired) electrons. The highest BCUT2D eigenvalue weighted by atomic mass is 19.3. The summed E-state index contributed by atoms with van der Waals surface area (Å²) in [7, 11) is 0. The standard InChI is InChI=1S/C18H14F2N4O3/c19-18(20)27-14-7-6-13(21-11-14)10-22-16-9-8-15(24(25)26)17(23-16)12-4-2-1-3-5-12/h1-9,11,18H,10H2,(H,22,23). The number of anilines is 1. The quantitative estimate of drug-likeness (QED) is 0.492. The number of alkyl halides is 2. The maximum atomic E-state index is 12.1. The third-order valence-electron chi connectivity index (χ3n) is 3.59. The van der Waals surface area contributed by atoms with Crippen molar-refractivity contribution in [2.24, 2.45) is 0 Å². The molecule has 0 bridgehead atoms. The number of rotatable bonds is 7. The van der Waals surface area contributed by atoms with Gasteiger partial charge in [-0.1, -0.05) is 30.3 Å². The van der Waals surface area contributed by atoms with Gasteiger partial charge >= 0.3 is 6.61 Å². The molecule has 0 atom stereocenters. The Kier molecular flexibility index (Phi) is 5.50. The SMILES string of the molecule is O=[N+]([O-])c1ccc(NCc2ccc(OC(F)F)cn2)nc1-c1ccccc1. The first-order valence-corrected chi connectivity index (χ1v) is 7.87. The Morgan fingerprint density at radius 1 is 1.11 bits per heavy atom. The molecular weight excluding hydrogens is 358 g/mol. The topological polar surface area (TPSA) is 90.2 Å². The number of hydrogen-bond donors (Lipinski definition) is 1. The number of nitrogens with one attached hydrogen (secondary N) is 1. The third kappa shape index (κ3) is 4.72. The average Bonchev–Trinajstić information content (AvgIpc) is 2.67. The molecule has 0 aliphatic carbocycles. The molecule has 0 amide bonds. The fourth-order valence-corrected chi connectivity index (χ4v) is 2.38. The molecule has 138 valence electrons. The Bertz CT molecular complexity index is 922. The van der Waals surface area contributed by atoms with Gasteiger partial charge in [0.05, 0.1) is 23.4 Å². The summed E-state index contributed by atoms with van der Waals surface area (Å²) in [4.78, 5) is 19.1. The van der Waals surface area contributed by atoms with E-state index in [9.17, 15) is 18.9 Å². The van der Waals surface area contributed by atoms with Gasteiger partial charge in [-0.25, -0.2) is 4.98 Å². The summed E-state index contributed by atoms with van der Waals surface area (Å²) >= 11 is 0. The lowest BCUT2D eigenvalue weighted by Gasteiger charge is -2.09. The Morgan fingerprint density at radius 2 is 1.89 bits per heavy atom. The van der Waals surface area contributed by atoms with Crippen molar-refractivity contribution in [3.8, 4) is 17.0 Å². The second kappa shape index (κ2) is 8.17. The number of pyridine rings is 2. The van der Waals surface area contributed by atoms with Gasteiger partial charge in [-0.05, 0) is 18.2 Å². The lowest BCUT2D eigenvalue weighted by molar-refractivity contribution is -0.384. The fraction of sp³-hybridized carbons (Fsp3) is 0.111. The van der Waals surface area contributed by atoms with Gasteiger partial charge in [-0.3, -0.25) is 15.1 Å². The van der Waals surface area contributed by atoms with Crippen LogP contribution in [0.25, 0.3) is 11.3 Å². The molecule has 0 spiro atoms. The van der Waals surface area contributed by atoms with Crippen LogP contribution in [-0.2, 0) is 6.54 Å². The maximum absolute atomic E-state index is 12.1. The number of benzene rings is 1. The van der Waals surface area contributed by atoms with E-state index >= 15 is 0 Å². The van der Waals surface area contributed by atoms with E-state index in [0.717, 1.165) is 0 Å². The highest BCUT2D eigenvalue weighted by Crippen LogP contribution is 2.29. The molecule has 0 aliphatic heterocycles. The smallest absolute Gasteiger partial charge is 0.387 e. The number of nitrogens with zero attached hydrogens (tertiary/aromatic N) is 3. The molecule has 1 N–H and O–H groups in total. The van der Waals surface area contributed by atoms with Gasteiger partial charge in [0.2, 0.25) is 0 Å². The zero-order valence-corrected chi connectivity index (χ0v) is 13.9. The summed E-state index contributed by atoms with van der Waals surface area (Å²) in [5, 5.41) is 14.3. The van der Waals surface area contributed by atoms with Gasteiger partial charge in [-0.15, -0.1) is 0 Å². The maximum Gasteiger partial charge on any atom is 0.387 e. The zero-order valence-electron chi connectivity index (χ0n) is 13.9. The average molecular weight is 372 g/mol. The van der Waals surface area contributed by atoms with Crippen LogP contribution in [0.4, 0.5) is 20.3 Å². The molecule has 0 saturated carbocycles. The van der Waals surface area contributed by atoms with Gasteiger partial charge < -0.3 is 10.1 Å². The molecular formula is C18H14F2N4O3. The highest BCUT2D eigenvalue weighted by Gasteiger charge is 2.17. The van der Waals surface area contributed by atoms with Crippen LogP contribution in [0, 0.1) is 10.1 Å². The molecule has 0 saturated heterocycles. The van der Waals surface area contributed by atoms with Crippen molar-refractivity contribution in [2.45, 2.75) is 13.2 Å². The van der Waals surface area contributed by atoms with Crippen LogP contribution >= 0.6 is 0 Å². The van der Waals surface area contributed by atoms with E-state index < -0.39 is 11.5 Å². The molecule has 27 heavy (non-hydrogen) atoms. The number of hydrogen-bond acceptors (Lipinski definition) is 6. The van der Waals surface area contributed by atoms with E-state index in [2.05, 4.69) is 20.0 Å². The van der Waals surface area contributed by atoms with Crippen LogP contribution in [0.1, 0.15) is 5.69 Å². The minimum Gasteiger partial charge on any atom is -0.433 e. The largest absolute Gasteiger partial charge is 0.433 e. The molecule has 0 fully saturated rings. The van der Waals surface area contributed by atoms with Crippen molar-refractivity contribution in [3.05, 3.63) is 76.6 Å². The van der Waals surface area contributed by atoms with E-state index in [0.29, 0.717) is 17.1 Å². The van der Waals surface area contributed by atoms with Gasteiger partial charge in [0.15, 0.2) is 5.69 Å². The Morgan fingerprint density at radius 3 is 2.52 bits per heavy atom. The Hall–Kier alpha value is -3.62. The van der Waals surface area contributed by atoms with Crippen molar-refractivity contribution in [1.29, 1.82) is 0 Å². The van der Waals surface area contributed by atoms with Gasteiger partial charge in [0.1, 0.15) is 11.6 Å². The summed E-state index contributed by atoms with van der Waals surface area (Å²) in [6.07, 6.45) is 1.20. The predicted octanol–water partition coefficient (Wildman–Crippen LogP) is 4.27. The van der Waals surface area contributed by atoms with Crippen LogP contribution in [0.2, 0.25) is 0 Å².